The number of aliphatic hydroxyl groups excluding tert-OH is 1. The van der Waals surface area contributed by atoms with Gasteiger partial charge in [-0.25, -0.2) is 4.99 Å². The summed E-state index contributed by atoms with van der Waals surface area (Å²) >= 11 is 0. The Hall–Kier alpha value is -2.86. The summed E-state index contributed by atoms with van der Waals surface area (Å²) in [4.78, 5) is 22.8. The van der Waals surface area contributed by atoms with Crippen LogP contribution in [0, 0.1) is 13.8 Å². The summed E-state index contributed by atoms with van der Waals surface area (Å²) in [7, 11) is 0. The largest absolute Gasteiger partial charge is 0.466 e. The Balaban J connectivity index is 1.85. The Kier molecular flexibility index (Phi) is 5.76. The standard InChI is InChI=1S/C21H25N3O3/c1-4-27-21(26)8-7-16-13(2)18(23-14(16)3)11-19-15(12-25)10-20(24-19)17-6-5-9-22-17/h5-6,9-11,22-23,25H,4,7-8,12H2,1-3H3. The number of aliphatic imine (C=N–C) groups is 1. The number of aromatic nitrogens is 2. The van der Waals surface area contributed by atoms with E-state index >= 15 is 0 Å². The number of nitrogens with zero attached hydrogens (tertiary/aromatic N) is 1. The van der Waals surface area contributed by atoms with Gasteiger partial charge in [-0.15, -0.1) is 0 Å². The molecule has 2 aromatic rings. The quantitative estimate of drug-likeness (QED) is 0.656. The van der Waals surface area contributed by atoms with Gasteiger partial charge < -0.3 is 19.8 Å². The smallest absolute Gasteiger partial charge is 0.306 e. The molecule has 3 rings (SSSR count). The van der Waals surface area contributed by atoms with E-state index in [-0.39, 0.29) is 12.6 Å². The summed E-state index contributed by atoms with van der Waals surface area (Å²) in [5.74, 6) is -0.182. The maximum atomic E-state index is 11.7. The molecule has 0 atom stereocenters. The van der Waals surface area contributed by atoms with E-state index in [0.717, 1.165) is 45.2 Å². The Labute approximate surface area is 158 Å². The van der Waals surface area contributed by atoms with Crippen molar-refractivity contribution in [2.45, 2.75) is 33.6 Å². The molecule has 3 N–H and O–H groups in total. The molecule has 2 aromatic heterocycles. The number of allylic oxidation sites excluding steroid dienone is 1. The highest BCUT2D eigenvalue weighted by molar-refractivity contribution is 6.11. The fourth-order valence-corrected chi connectivity index (χ4v) is 3.28. The lowest BCUT2D eigenvalue weighted by Gasteiger charge is -2.03. The lowest BCUT2D eigenvalue weighted by atomic mass is 10.0. The molecular formula is C21H25N3O3. The zero-order valence-corrected chi connectivity index (χ0v) is 15.9. The summed E-state index contributed by atoms with van der Waals surface area (Å²) in [5.41, 5.74) is 7.42. The summed E-state index contributed by atoms with van der Waals surface area (Å²) in [6.07, 6.45) is 6.69. The summed E-state index contributed by atoms with van der Waals surface area (Å²) in [5, 5.41) is 9.70. The van der Waals surface area contributed by atoms with E-state index in [9.17, 15) is 9.90 Å². The molecule has 3 heterocycles. The average Bonchev–Trinajstić information content (AvgIpc) is 3.35. The number of rotatable bonds is 7. The van der Waals surface area contributed by atoms with Gasteiger partial charge in [0.1, 0.15) is 0 Å². The van der Waals surface area contributed by atoms with Crippen LogP contribution in [0.1, 0.15) is 41.6 Å². The van der Waals surface area contributed by atoms with Gasteiger partial charge in [-0.3, -0.25) is 4.79 Å². The van der Waals surface area contributed by atoms with Crippen molar-refractivity contribution < 1.29 is 14.6 Å². The van der Waals surface area contributed by atoms with Crippen LogP contribution in [0.5, 0.6) is 0 Å². The highest BCUT2D eigenvalue weighted by atomic mass is 16.5. The molecular weight excluding hydrogens is 342 g/mol. The highest BCUT2D eigenvalue weighted by Gasteiger charge is 2.18. The third-order valence-electron chi connectivity index (χ3n) is 4.72. The second-order valence-electron chi connectivity index (χ2n) is 6.51. The van der Waals surface area contributed by atoms with E-state index < -0.39 is 0 Å². The van der Waals surface area contributed by atoms with Gasteiger partial charge in [-0.2, -0.15) is 0 Å². The van der Waals surface area contributed by atoms with E-state index in [1.54, 1.807) is 0 Å². The minimum Gasteiger partial charge on any atom is -0.466 e. The normalized spacial score (nSPS) is 15.2. The van der Waals surface area contributed by atoms with Crippen molar-refractivity contribution in [2.75, 3.05) is 13.2 Å². The van der Waals surface area contributed by atoms with Crippen LogP contribution < -0.4 is 0 Å². The van der Waals surface area contributed by atoms with Gasteiger partial charge in [0.25, 0.3) is 0 Å². The molecule has 6 heteroatoms. The van der Waals surface area contributed by atoms with E-state index in [4.69, 9.17) is 4.74 Å². The number of esters is 1. The molecule has 0 saturated heterocycles. The number of aryl methyl sites for hydroxylation is 1. The van der Waals surface area contributed by atoms with Crippen molar-refractivity contribution in [3.05, 3.63) is 63.9 Å². The van der Waals surface area contributed by atoms with Crippen molar-refractivity contribution >= 4 is 17.8 Å². The topological polar surface area (TPSA) is 90.5 Å². The number of carbonyl (C=O) groups is 1. The lowest BCUT2D eigenvalue weighted by Crippen LogP contribution is -2.05. The second-order valence-corrected chi connectivity index (χ2v) is 6.51. The Morgan fingerprint density at radius 2 is 2.19 bits per heavy atom. The lowest BCUT2D eigenvalue weighted by molar-refractivity contribution is -0.143. The SMILES string of the molecule is CCOC(=O)CCc1c(C)[nH]c(C=C2N=C(c3ccc[nH]3)C=C2CO)c1C. The Bertz CT molecular complexity index is 915. The Morgan fingerprint density at radius 3 is 2.85 bits per heavy atom. The molecule has 0 radical (unpaired) electrons. The van der Waals surface area contributed by atoms with E-state index in [0.29, 0.717) is 19.4 Å². The number of ether oxygens (including phenoxy) is 1. The van der Waals surface area contributed by atoms with Gasteiger partial charge >= 0.3 is 5.97 Å². The predicted molar refractivity (Wildman–Crippen MR) is 106 cm³/mol. The van der Waals surface area contributed by atoms with E-state index in [1.165, 1.54) is 0 Å². The molecule has 6 nitrogen and oxygen atoms in total. The zero-order valence-electron chi connectivity index (χ0n) is 15.9. The van der Waals surface area contributed by atoms with Crippen LogP contribution in [0.3, 0.4) is 0 Å². The van der Waals surface area contributed by atoms with Gasteiger partial charge in [0.2, 0.25) is 0 Å². The number of carbonyl (C=O) groups excluding carboxylic acids is 1. The third-order valence-corrected chi connectivity index (χ3v) is 4.72. The number of nitrogens with one attached hydrogen (secondary N) is 2. The van der Waals surface area contributed by atoms with Gasteiger partial charge in [0, 0.05) is 29.6 Å². The van der Waals surface area contributed by atoms with Crippen LogP contribution in [0.2, 0.25) is 0 Å². The number of hydrogen-bond acceptors (Lipinski definition) is 4. The Morgan fingerprint density at radius 1 is 1.37 bits per heavy atom. The molecule has 0 aliphatic carbocycles. The molecule has 0 unspecified atom stereocenters. The van der Waals surface area contributed by atoms with Gasteiger partial charge in [-0.1, -0.05) is 0 Å². The van der Waals surface area contributed by atoms with Crippen LogP contribution >= 0.6 is 0 Å². The van der Waals surface area contributed by atoms with Crippen LogP contribution in [0.15, 0.2) is 40.7 Å². The van der Waals surface area contributed by atoms with Gasteiger partial charge in [0.15, 0.2) is 0 Å². The van der Waals surface area contributed by atoms with Crippen LogP contribution in [0.4, 0.5) is 0 Å². The third kappa shape index (κ3) is 4.11. The van der Waals surface area contributed by atoms with Crippen LogP contribution in [-0.2, 0) is 16.0 Å². The van der Waals surface area contributed by atoms with Crippen molar-refractivity contribution in [2.24, 2.45) is 4.99 Å². The zero-order chi connectivity index (χ0) is 19.4. The average molecular weight is 367 g/mol. The fraction of sp³-hybridized carbons (Fsp3) is 0.333. The number of hydrogen-bond donors (Lipinski definition) is 3. The maximum absolute atomic E-state index is 11.7. The van der Waals surface area contributed by atoms with Crippen molar-refractivity contribution in [1.82, 2.24) is 9.97 Å². The summed E-state index contributed by atoms with van der Waals surface area (Å²) < 4.78 is 5.02. The number of aliphatic hydroxyl groups is 1. The maximum Gasteiger partial charge on any atom is 0.306 e. The van der Waals surface area contributed by atoms with Crippen molar-refractivity contribution in [3.63, 3.8) is 0 Å². The molecule has 1 aliphatic rings. The summed E-state index contributed by atoms with van der Waals surface area (Å²) in [6, 6.07) is 3.87. The second kappa shape index (κ2) is 8.22. The van der Waals surface area contributed by atoms with Crippen LogP contribution in [-0.4, -0.2) is 40.0 Å². The van der Waals surface area contributed by atoms with Gasteiger partial charge in [0.05, 0.1) is 30.3 Å². The summed E-state index contributed by atoms with van der Waals surface area (Å²) in [6.45, 7) is 6.17. The fourth-order valence-electron chi connectivity index (χ4n) is 3.28. The number of H-pyrrole nitrogens is 2. The van der Waals surface area contributed by atoms with Crippen molar-refractivity contribution in [1.29, 1.82) is 0 Å². The first-order valence-electron chi connectivity index (χ1n) is 9.13. The minimum absolute atomic E-state index is 0.0754. The highest BCUT2D eigenvalue weighted by Crippen LogP contribution is 2.27. The number of aromatic amines is 2. The molecule has 0 fully saturated rings. The van der Waals surface area contributed by atoms with E-state index in [2.05, 4.69) is 15.0 Å². The first-order chi connectivity index (χ1) is 13.0. The monoisotopic (exact) mass is 367 g/mol. The molecule has 142 valence electrons. The minimum atomic E-state index is -0.182. The first-order valence-corrected chi connectivity index (χ1v) is 9.13. The first kappa shape index (κ1) is 18.9. The molecule has 0 saturated carbocycles. The van der Waals surface area contributed by atoms with E-state index in [1.807, 2.05) is 51.3 Å². The van der Waals surface area contributed by atoms with Crippen molar-refractivity contribution in [3.8, 4) is 0 Å². The predicted octanol–water partition coefficient (Wildman–Crippen LogP) is 3.22. The van der Waals surface area contributed by atoms with Crippen LogP contribution in [0.25, 0.3) is 6.08 Å². The van der Waals surface area contributed by atoms with Gasteiger partial charge in [-0.05, 0) is 62.6 Å². The molecule has 0 spiro atoms. The molecule has 0 aromatic carbocycles. The molecule has 27 heavy (non-hydrogen) atoms. The molecule has 1 aliphatic heterocycles. The molecule has 0 bridgehead atoms. The molecule has 0 amide bonds.